The summed E-state index contributed by atoms with van der Waals surface area (Å²) in [5, 5.41) is 11.8. The molecular formula is C17H28O2S2. The van der Waals surface area contributed by atoms with E-state index < -0.39 is 5.60 Å². The molecule has 0 radical (unpaired) electrons. The van der Waals surface area contributed by atoms with Gasteiger partial charge in [0.2, 0.25) is 0 Å². The molecule has 2 atom stereocenters. The highest BCUT2D eigenvalue weighted by atomic mass is 32.1. The van der Waals surface area contributed by atoms with Crippen LogP contribution in [0.1, 0.15) is 59.8 Å². The van der Waals surface area contributed by atoms with Gasteiger partial charge in [0, 0.05) is 10.3 Å². The maximum absolute atomic E-state index is 11.3. The summed E-state index contributed by atoms with van der Waals surface area (Å²) >= 11 is 10.7. The minimum atomic E-state index is -0.956. The quantitative estimate of drug-likeness (QED) is 0.568. The van der Waals surface area contributed by atoms with Gasteiger partial charge in [0.15, 0.2) is 5.05 Å². The summed E-state index contributed by atoms with van der Waals surface area (Å²) in [6, 6.07) is 0. The first-order valence-corrected chi connectivity index (χ1v) is 8.52. The summed E-state index contributed by atoms with van der Waals surface area (Å²) in [5.74, 6) is 0.396. The van der Waals surface area contributed by atoms with Gasteiger partial charge in [-0.3, -0.25) is 0 Å². The molecule has 0 unspecified atom stereocenters. The van der Waals surface area contributed by atoms with E-state index in [2.05, 4.69) is 20.4 Å². The van der Waals surface area contributed by atoms with Crippen LogP contribution < -0.4 is 0 Å². The first kappa shape index (κ1) is 18.7. The maximum atomic E-state index is 11.3. The Morgan fingerprint density at radius 2 is 2.00 bits per heavy atom. The lowest BCUT2D eigenvalue weighted by Gasteiger charge is -2.52. The van der Waals surface area contributed by atoms with Gasteiger partial charge in [-0.2, -0.15) is 0 Å². The van der Waals surface area contributed by atoms with E-state index in [0.717, 1.165) is 24.8 Å². The van der Waals surface area contributed by atoms with Crippen molar-refractivity contribution < 1.29 is 9.84 Å². The second-order valence-electron chi connectivity index (χ2n) is 6.74. The Bertz CT molecular complexity index is 429. The largest absolute Gasteiger partial charge is 0.487 e. The molecule has 0 heterocycles. The van der Waals surface area contributed by atoms with Crippen molar-refractivity contribution in [3.8, 4) is 0 Å². The van der Waals surface area contributed by atoms with Gasteiger partial charge in [-0.15, -0.1) is 6.58 Å². The molecule has 2 nitrogen and oxygen atoms in total. The average Bonchev–Trinajstić information content (AvgIpc) is 2.35. The molecule has 0 bridgehead atoms. The molecule has 1 aliphatic carbocycles. The zero-order valence-electron chi connectivity index (χ0n) is 13.7. The van der Waals surface area contributed by atoms with Crippen molar-refractivity contribution in [3.63, 3.8) is 0 Å². The van der Waals surface area contributed by atoms with E-state index in [1.54, 1.807) is 0 Å². The third-order valence-electron chi connectivity index (χ3n) is 4.84. The predicted octanol–water partition coefficient (Wildman–Crippen LogP) is 4.63. The van der Waals surface area contributed by atoms with Crippen LogP contribution in [-0.4, -0.2) is 27.2 Å². The van der Waals surface area contributed by atoms with E-state index >= 15 is 0 Å². The Kier molecular flexibility index (Phi) is 6.51. The summed E-state index contributed by atoms with van der Waals surface area (Å²) in [7, 11) is 0. The van der Waals surface area contributed by atoms with E-state index in [1.165, 1.54) is 0 Å². The first-order valence-electron chi connectivity index (χ1n) is 7.70. The Labute approximate surface area is 140 Å². The van der Waals surface area contributed by atoms with Gasteiger partial charge in [-0.25, -0.2) is 0 Å². The third kappa shape index (κ3) is 4.11. The van der Waals surface area contributed by atoms with Gasteiger partial charge in [-0.05, 0) is 57.7 Å². The fraction of sp³-hybridized carbons (Fsp3) is 0.765. The molecule has 0 aromatic heterocycles. The van der Waals surface area contributed by atoms with E-state index in [0.29, 0.717) is 35.3 Å². The van der Waals surface area contributed by atoms with Crippen LogP contribution in [0.25, 0.3) is 0 Å². The summed E-state index contributed by atoms with van der Waals surface area (Å²) in [6.07, 6.45) is 4.13. The highest BCUT2D eigenvalue weighted by molar-refractivity contribution is 7.82. The zero-order valence-corrected chi connectivity index (χ0v) is 15.3. The fourth-order valence-corrected chi connectivity index (χ4v) is 4.24. The Hall–Kier alpha value is -0.320. The van der Waals surface area contributed by atoms with E-state index in [9.17, 15) is 5.11 Å². The van der Waals surface area contributed by atoms with Crippen molar-refractivity contribution in [2.24, 2.45) is 11.3 Å². The predicted molar refractivity (Wildman–Crippen MR) is 96.9 cm³/mol. The number of rotatable bonds is 6. The second-order valence-corrected chi connectivity index (χ2v) is 7.69. The summed E-state index contributed by atoms with van der Waals surface area (Å²) in [5.41, 5.74) is -0.0709. The smallest absolute Gasteiger partial charge is 0.164 e. The summed E-state index contributed by atoms with van der Waals surface area (Å²) < 4.78 is 5.33. The topological polar surface area (TPSA) is 29.5 Å². The number of ether oxygens (including phenoxy) is 1. The lowest BCUT2D eigenvalue weighted by atomic mass is 9.57. The SMILES string of the molecule is C=C(C)C[C@@H]1CCC[C@@](O)(C(=S)CC(=S)OCC)C1(C)C. The first-order chi connectivity index (χ1) is 9.65. The minimum absolute atomic E-state index is 0.275. The average molecular weight is 329 g/mol. The van der Waals surface area contributed by atoms with E-state index in [-0.39, 0.29) is 5.41 Å². The molecule has 1 saturated carbocycles. The molecule has 1 N–H and O–H groups in total. The van der Waals surface area contributed by atoms with Crippen molar-refractivity contribution >= 4 is 34.4 Å². The molecule has 0 saturated heterocycles. The number of aliphatic hydroxyl groups is 1. The Balaban J connectivity index is 2.93. The molecule has 0 aliphatic heterocycles. The molecule has 120 valence electrons. The number of hydrogen-bond acceptors (Lipinski definition) is 4. The Morgan fingerprint density at radius 3 is 2.52 bits per heavy atom. The highest BCUT2D eigenvalue weighted by Crippen LogP contribution is 2.51. The molecule has 4 heteroatoms. The number of thiocarbonyl (C=S) groups is 2. The van der Waals surface area contributed by atoms with Crippen molar-refractivity contribution in [1.82, 2.24) is 0 Å². The van der Waals surface area contributed by atoms with Gasteiger partial charge in [0.1, 0.15) is 5.60 Å². The monoisotopic (exact) mass is 328 g/mol. The molecule has 1 aliphatic rings. The van der Waals surface area contributed by atoms with Gasteiger partial charge < -0.3 is 9.84 Å². The molecule has 0 aromatic rings. The fourth-order valence-electron chi connectivity index (χ4n) is 3.39. The van der Waals surface area contributed by atoms with Crippen LogP contribution in [-0.2, 0) is 4.74 Å². The lowest BCUT2D eigenvalue weighted by molar-refractivity contribution is -0.0745. The maximum Gasteiger partial charge on any atom is 0.164 e. The molecular weight excluding hydrogens is 300 g/mol. The van der Waals surface area contributed by atoms with Crippen LogP contribution >= 0.6 is 24.4 Å². The van der Waals surface area contributed by atoms with Crippen molar-refractivity contribution in [3.05, 3.63) is 12.2 Å². The molecule has 1 fully saturated rings. The normalized spacial score (nSPS) is 28.0. The number of hydrogen-bond donors (Lipinski definition) is 1. The van der Waals surface area contributed by atoms with Crippen LogP contribution in [0.15, 0.2) is 12.2 Å². The van der Waals surface area contributed by atoms with Crippen LogP contribution in [0.3, 0.4) is 0 Å². The molecule has 0 amide bonds. The second kappa shape index (κ2) is 7.30. The van der Waals surface area contributed by atoms with Crippen LogP contribution in [0.5, 0.6) is 0 Å². The standard InChI is InChI=1S/C17H28O2S2/c1-6-19-15(21)11-14(20)17(18)9-7-8-13(10-12(2)3)16(17,4)5/h13,18H,2,6-11H2,1,3-5H3/t13-,17+/m0/s1. The molecule has 0 spiro atoms. The van der Waals surface area contributed by atoms with Gasteiger partial charge >= 0.3 is 0 Å². The molecule has 0 aromatic carbocycles. The van der Waals surface area contributed by atoms with Gasteiger partial charge in [0.05, 0.1) is 13.0 Å². The van der Waals surface area contributed by atoms with Crippen molar-refractivity contribution in [2.75, 3.05) is 6.61 Å². The van der Waals surface area contributed by atoms with Gasteiger partial charge in [-0.1, -0.05) is 31.6 Å². The van der Waals surface area contributed by atoms with Gasteiger partial charge in [0.25, 0.3) is 0 Å². The van der Waals surface area contributed by atoms with Crippen molar-refractivity contribution in [2.45, 2.75) is 65.4 Å². The summed E-state index contributed by atoms with van der Waals surface area (Å²) in [4.78, 5) is 0.623. The highest BCUT2D eigenvalue weighted by Gasteiger charge is 2.52. The lowest BCUT2D eigenvalue weighted by Crippen LogP contribution is -2.56. The number of allylic oxidation sites excluding steroid dienone is 1. The van der Waals surface area contributed by atoms with Crippen molar-refractivity contribution in [1.29, 1.82) is 0 Å². The van der Waals surface area contributed by atoms with Crippen LogP contribution in [0.2, 0.25) is 0 Å². The zero-order chi connectivity index (χ0) is 16.3. The third-order valence-corrected chi connectivity index (χ3v) is 5.59. The summed E-state index contributed by atoms with van der Waals surface area (Å²) in [6.45, 7) is 12.8. The van der Waals surface area contributed by atoms with Crippen LogP contribution in [0, 0.1) is 11.3 Å². The van der Waals surface area contributed by atoms with E-state index in [1.807, 2.05) is 13.8 Å². The molecule has 21 heavy (non-hydrogen) atoms. The minimum Gasteiger partial charge on any atom is -0.487 e. The van der Waals surface area contributed by atoms with E-state index in [4.69, 9.17) is 29.2 Å². The Morgan fingerprint density at radius 1 is 1.38 bits per heavy atom. The molecule has 1 rings (SSSR count). The van der Waals surface area contributed by atoms with Crippen LogP contribution in [0.4, 0.5) is 0 Å².